The van der Waals surface area contributed by atoms with Gasteiger partial charge < -0.3 is 15.7 Å². The van der Waals surface area contributed by atoms with E-state index < -0.39 is 17.9 Å². The predicted octanol–water partition coefficient (Wildman–Crippen LogP) is 1.13. The van der Waals surface area contributed by atoms with Crippen LogP contribution in [0.4, 0.5) is 0 Å². The highest BCUT2D eigenvalue weighted by Gasteiger charge is 2.18. The number of carbonyl (C=O) groups excluding carboxylic acids is 2. The van der Waals surface area contributed by atoms with Crippen LogP contribution in [0.3, 0.4) is 0 Å². The van der Waals surface area contributed by atoms with Crippen LogP contribution in [-0.2, 0) is 9.59 Å². The van der Waals surface area contributed by atoms with E-state index in [0.29, 0.717) is 5.56 Å². The molecule has 1 aromatic heterocycles. The third-order valence-electron chi connectivity index (χ3n) is 2.98. The van der Waals surface area contributed by atoms with Gasteiger partial charge in [-0.2, -0.15) is 0 Å². The molecule has 1 aromatic rings. The van der Waals surface area contributed by atoms with Crippen molar-refractivity contribution < 1.29 is 19.5 Å². The maximum absolute atomic E-state index is 11.8. The number of aromatic nitrogens is 1. The molecule has 2 amide bonds. The molecular weight excluding hydrogens is 298 g/mol. The van der Waals surface area contributed by atoms with E-state index in [9.17, 15) is 14.4 Å². The Kier molecular flexibility index (Phi) is 8.06. The average molecular weight is 319 g/mol. The fraction of sp³-hybridized carbons (Fsp3) is 0.375. The molecule has 0 saturated carbocycles. The standard InChI is InChI=1S/C16H21N3O4/c1-2-3-4-7-14(20)19-13(16(22)23)8-10-18-15(21)12-6-5-9-17-11-12/h4-7,9,11,13H,2-3,8,10H2,1H3,(H,18,21)(H,19,20)(H,22,23). The first-order valence-electron chi connectivity index (χ1n) is 7.42. The quantitative estimate of drug-likeness (QED) is 0.591. The molecule has 0 fully saturated rings. The third kappa shape index (κ3) is 7.21. The lowest BCUT2D eigenvalue weighted by atomic mass is 10.2. The highest BCUT2D eigenvalue weighted by Crippen LogP contribution is 1.97. The Morgan fingerprint density at radius 2 is 2.17 bits per heavy atom. The van der Waals surface area contributed by atoms with Gasteiger partial charge in [-0.25, -0.2) is 4.79 Å². The first-order chi connectivity index (χ1) is 11.0. The third-order valence-corrected chi connectivity index (χ3v) is 2.98. The molecule has 23 heavy (non-hydrogen) atoms. The number of pyridine rings is 1. The lowest BCUT2D eigenvalue weighted by Gasteiger charge is -2.13. The largest absolute Gasteiger partial charge is 0.480 e. The zero-order chi connectivity index (χ0) is 17.1. The van der Waals surface area contributed by atoms with Crippen LogP contribution < -0.4 is 10.6 Å². The van der Waals surface area contributed by atoms with E-state index >= 15 is 0 Å². The minimum absolute atomic E-state index is 0.0920. The molecule has 3 N–H and O–H groups in total. The van der Waals surface area contributed by atoms with Crippen LogP contribution in [0.5, 0.6) is 0 Å². The average Bonchev–Trinajstić information content (AvgIpc) is 2.54. The van der Waals surface area contributed by atoms with Gasteiger partial charge in [0.2, 0.25) is 5.91 Å². The summed E-state index contributed by atoms with van der Waals surface area (Å²) in [6.07, 6.45) is 7.75. The normalized spacial score (nSPS) is 11.9. The highest BCUT2D eigenvalue weighted by molar-refractivity contribution is 5.94. The van der Waals surface area contributed by atoms with Crippen molar-refractivity contribution in [3.8, 4) is 0 Å². The molecule has 1 rings (SSSR count). The summed E-state index contributed by atoms with van der Waals surface area (Å²) in [7, 11) is 0. The number of rotatable bonds is 9. The summed E-state index contributed by atoms with van der Waals surface area (Å²) in [6, 6.07) is 2.19. The van der Waals surface area contributed by atoms with Gasteiger partial charge in [-0.1, -0.05) is 19.4 Å². The van der Waals surface area contributed by atoms with Crippen molar-refractivity contribution in [1.29, 1.82) is 0 Å². The number of carboxylic acids is 1. The summed E-state index contributed by atoms with van der Waals surface area (Å²) in [5, 5.41) is 14.1. The Bertz CT molecular complexity index is 558. The van der Waals surface area contributed by atoms with Gasteiger partial charge in [0, 0.05) is 18.9 Å². The van der Waals surface area contributed by atoms with Gasteiger partial charge in [0.25, 0.3) is 5.91 Å². The van der Waals surface area contributed by atoms with E-state index in [1.54, 1.807) is 24.4 Å². The molecule has 0 aliphatic rings. The summed E-state index contributed by atoms with van der Waals surface area (Å²) in [6.45, 7) is 2.11. The van der Waals surface area contributed by atoms with Gasteiger partial charge in [0.05, 0.1) is 5.56 Å². The number of allylic oxidation sites excluding steroid dienone is 1. The SMILES string of the molecule is CCCC=CC(=O)NC(CCNC(=O)c1cccnc1)C(=O)O. The van der Waals surface area contributed by atoms with Crippen LogP contribution in [0.2, 0.25) is 0 Å². The smallest absolute Gasteiger partial charge is 0.326 e. The van der Waals surface area contributed by atoms with E-state index in [1.165, 1.54) is 12.3 Å². The molecule has 0 aliphatic carbocycles. The van der Waals surface area contributed by atoms with Gasteiger partial charge in [-0.15, -0.1) is 0 Å². The van der Waals surface area contributed by atoms with Gasteiger partial charge in [-0.05, 0) is 31.1 Å². The first-order valence-corrected chi connectivity index (χ1v) is 7.42. The van der Waals surface area contributed by atoms with E-state index in [4.69, 9.17) is 5.11 Å². The minimum Gasteiger partial charge on any atom is -0.480 e. The summed E-state index contributed by atoms with van der Waals surface area (Å²) >= 11 is 0. The molecule has 0 bridgehead atoms. The molecule has 7 heteroatoms. The molecule has 0 aromatic carbocycles. The van der Waals surface area contributed by atoms with Gasteiger partial charge in [0.15, 0.2) is 0 Å². The van der Waals surface area contributed by atoms with Crippen molar-refractivity contribution in [1.82, 2.24) is 15.6 Å². The number of amides is 2. The summed E-state index contributed by atoms with van der Waals surface area (Å²) in [5.41, 5.74) is 0.394. The zero-order valence-corrected chi connectivity index (χ0v) is 13.0. The monoisotopic (exact) mass is 319 g/mol. The molecule has 0 aliphatic heterocycles. The van der Waals surface area contributed by atoms with Crippen molar-refractivity contribution in [3.05, 3.63) is 42.2 Å². The number of carbonyl (C=O) groups is 3. The van der Waals surface area contributed by atoms with E-state index in [1.807, 2.05) is 6.92 Å². The van der Waals surface area contributed by atoms with Crippen LogP contribution in [0, 0.1) is 0 Å². The zero-order valence-electron chi connectivity index (χ0n) is 13.0. The van der Waals surface area contributed by atoms with E-state index in [2.05, 4.69) is 15.6 Å². The fourth-order valence-corrected chi connectivity index (χ4v) is 1.76. The van der Waals surface area contributed by atoms with Crippen molar-refractivity contribution in [2.45, 2.75) is 32.2 Å². The second kappa shape index (κ2) is 10.1. The predicted molar refractivity (Wildman–Crippen MR) is 84.8 cm³/mol. The molecule has 1 heterocycles. The summed E-state index contributed by atoms with van der Waals surface area (Å²) < 4.78 is 0. The topological polar surface area (TPSA) is 108 Å². The van der Waals surface area contributed by atoms with Crippen molar-refractivity contribution in [2.24, 2.45) is 0 Å². The molecule has 124 valence electrons. The number of unbranched alkanes of at least 4 members (excludes halogenated alkanes) is 1. The second-order valence-electron chi connectivity index (χ2n) is 4.88. The Labute approximate surface area is 134 Å². The lowest BCUT2D eigenvalue weighted by molar-refractivity contribution is -0.141. The highest BCUT2D eigenvalue weighted by atomic mass is 16.4. The van der Waals surface area contributed by atoms with Crippen LogP contribution in [0.25, 0.3) is 0 Å². The Hall–Kier alpha value is -2.70. The number of carboxylic acid groups (broad SMARTS) is 1. The molecule has 0 spiro atoms. The number of aliphatic carboxylic acids is 1. The maximum atomic E-state index is 11.8. The molecule has 1 unspecified atom stereocenters. The van der Waals surface area contributed by atoms with Crippen LogP contribution >= 0.6 is 0 Å². The number of nitrogens with zero attached hydrogens (tertiary/aromatic N) is 1. The van der Waals surface area contributed by atoms with Crippen molar-refractivity contribution in [2.75, 3.05) is 6.54 Å². The Morgan fingerprint density at radius 1 is 1.39 bits per heavy atom. The van der Waals surface area contributed by atoms with Gasteiger partial charge in [0.1, 0.15) is 6.04 Å². The summed E-state index contributed by atoms with van der Waals surface area (Å²) in [4.78, 5) is 38.4. The van der Waals surface area contributed by atoms with Gasteiger partial charge in [-0.3, -0.25) is 14.6 Å². The molecule has 0 radical (unpaired) electrons. The van der Waals surface area contributed by atoms with E-state index in [0.717, 1.165) is 12.8 Å². The van der Waals surface area contributed by atoms with Crippen LogP contribution in [0.15, 0.2) is 36.7 Å². The number of nitrogens with one attached hydrogen (secondary N) is 2. The molecule has 7 nitrogen and oxygen atoms in total. The lowest BCUT2D eigenvalue weighted by Crippen LogP contribution is -2.42. The fourth-order valence-electron chi connectivity index (χ4n) is 1.76. The second-order valence-corrected chi connectivity index (χ2v) is 4.88. The van der Waals surface area contributed by atoms with Crippen molar-refractivity contribution >= 4 is 17.8 Å². The molecule has 1 atom stereocenters. The first kappa shape index (κ1) is 18.3. The van der Waals surface area contributed by atoms with Crippen LogP contribution in [0.1, 0.15) is 36.5 Å². The molecule has 0 saturated heterocycles. The van der Waals surface area contributed by atoms with Crippen LogP contribution in [-0.4, -0.2) is 40.5 Å². The maximum Gasteiger partial charge on any atom is 0.326 e. The van der Waals surface area contributed by atoms with Gasteiger partial charge >= 0.3 is 5.97 Å². The van der Waals surface area contributed by atoms with E-state index in [-0.39, 0.29) is 18.9 Å². The van der Waals surface area contributed by atoms with Crippen molar-refractivity contribution in [3.63, 3.8) is 0 Å². The molecular formula is C16H21N3O4. The number of hydrogen-bond acceptors (Lipinski definition) is 4. The summed E-state index contributed by atoms with van der Waals surface area (Å²) in [5.74, 6) is -1.93. The minimum atomic E-state index is -1.14. The Morgan fingerprint density at radius 3 is 2.78 bits per heavy atom. The number of hydrogen-bond donors (Lipinski definition) is 3. The Balaban J connectivity index is 2.43.